The van der Waals surface area contributed by atoms with E-state index in [1.54, 1.807) is 24.3 Å². The number of methoxy groups -OCH3 is 1. The van der Waals surface area contributed by atoms with Gasteiger partial charge in [-0.25, -0.2) is 8.42 Å². The number of alkyl halides is 3. The van der Waals surface area contributed by atoms with Crippen LogP contribution in [0.1, 0.15) is 15.9 Å². The number of nitrogens with one attached hydrogen (secondary N) is 3. The Morgan fingerprint density at radius 2 is 1.78 bits per heavy atom. The highest BCUT2D eigenvalue weighted by Gasteiger charge is 2.35. The van der Waals surface area contributed by atoms with Crippen LogP contribution in [0.4, 0.5) is 5.69 Å². The molecule has 0 saturated carbocycles. The molecule has 0 aliphatic heterocycles. The highest BCUT2D eigenvalue weighted by molar-refractivity contribution is 7.94. The third-order valence-electron chi connectivity index (χ3n) is 4.16. The van der Waals surface area contributed by atoms with E-state index in [2.05, 4.69) is 22.5 Å². The number of amides is 1. The van der Waals surface area contributed by atoms with Gasteiger partial charge in [-0.1, -0.05) is 59.1 Å². The maximum Gasteiger partial charge on any atom is 0.252 e. The minimum absolute atomic E-state index is 0.00157. The van der Waals surface area contributed by atoms with Crippen molar-refractivity contribution in [2.24, 2.45) is 0 Å². The van der Waals surface area contributed by atoms with Crippen LogP contribution < -0.4 is 20.7 Å². The molecule has 172 valence electrons. The monoisotopic (exact) mass is 535 g/mol. The molecule has 3 N–H and O–H groups in total. The topological polar surface area (TPSA) is 96.5 Å². The predicted molar refractivity (Wildman–Crippen MR) is 132 cm³/mol. The number of rotatable bonds is 7. The summed E-state index contributed by atoms with van der Waals surface area (Å²) in [5.41, 5.74) is 1.71. The van der Waals surface area contributed by atoms with Gasteiger partial charge >= 0.3 is 0 Å². The van der Waals surface area contributed by atoms with Crippen LogP contribution in [0.3, 0.4) is 0 Å². The van der Waals surface area contributed by atoms with Crippen molar-refractivity contribution in [1.82, 2.24) is 10.6 Å². The first-order chi connectivity index (χ1) is 14.9. The van der Waals surface area contributed by atoms with E-state index in [9.17, 15) is 13.2 Å². The van der Waals surface area contributed by atoms with E-state index < -0.39 is 25.7 Å². The Balaban J connectivity index is 2.18. The number of thiocarbonyl (C=S) groups is 1. The summed E-state index contributed by atoms with van der Waals surface area (Å²) in [6.45, 7) is 5.19. The summed E-state index contributed by atoms with van der Waals surface area (Å²) in [7, 11) is -2.28. The van der Waals surface area contributed by atoms with Crippen LogP contribution >= 0.6 is 47.0 Å². The fourth-order valence-corrected chi connectivity index (χ4v) is 3.73. The summed E-state index contributed by atoms with van der Waals surface area (Å²) < 4.78 is 27.2. The number of carbonyl (C=O) groups excluding carboxylic acids is 1. The number of hydrogen-bond acceptors (Lipinski definition) is 5. The third-order valence-corrected chi connectivity index (χ3v) is 6.39. The van der Waals surface area contributed by atoms with Crippen LogP contribution in [-0.2, 0) is 9.84 Å². The van der Waals surface area contributed by atoms with Gasteiger partial charge in [-0.3, -0.25) is 4.79 Å². The lowest BCUT2D eigenvalue weighted by atomic mass is 10.1. The van der Waals surface area contributed by atoms with Crippen LogP contribution in [0.2, 0.25) is 0 Å². The molecule has 32 heavy (non-hydrogen) atoms. The van der Waals surface area contributed by atoms with Crippen molar-refractivity contribution in [2.45, 2.75) is 21.8 Å². The fourth-order valence-electron chi connectivity index (χ4n) is 2.46. The molecule has 7 nitrogen and oxygen atoms in total. The van der Waals surface area contributed by atoms with E-state index in [0.29, 0.717) is 11.3 Å². The van der Waals surface area contributed by atoms with E-state index in [4.69, 9.17) is 51.8 Å². The van der Waals surface area contributed by atoms with E-state index in [-0.39, 0.29) is 15.8 Å². The molecule has 0 unspecified atom stereocenters. The van der Waals surface area contributed by atoms with Gasteiger partial charge < -0.3 is 20.7 Å². The number of aryl methyl sites for hydroxylation is 1. The van der Waals surface area contributed by atoms with Crippen molar-refractivity contribution in [3.8, 4) is 5.75 Å². The van der Waals surface area contributed by atoms with Gasteiger partial charge in [-0.2, -0.15) is 0 Å². The van der Waals surface area contributed by atoms with Gasteiger partial charge in [0.2, 0.25) is 3.79 Å². The number of benzene rings is 2. The van der Waals surface area contributed by atoms with Gasteiger partial charge in [0, 0.05) is 17.0 Å². The third kappa shape index (κ3) is 6.98. The molecule has 2 rings (SSSR count). The maximum atomic E-state index is 12.5. The van der Waals surface area contributed by atoms with Gasteiger partial charge in [-0.15, -0.1) is 0 Å². The zero-order chi connectivity index (χ0) is 24.1. The van der Waals surface area contributed by atoms with Crippen molar-refractivity contribution in [1.29, 1.82) is 0 Å². The fraction of sp³-hybridized carbons (Fsp3) is 0.200. The smallest absolute Gasteiger partial charge is 0.252 e. The number of carbonyl (C=O) groups is 1. The first kappa shape index (κ1) is 26.2. The van der Waals surface area contributed by atoms with Crippen LogP contribution in [-0.4, -0.2) is 36.5 Å². The summed E-state index contributed by atoms with van der Waals surface area (Å²) in [6.07, 6.45) is -1.19. The van der Waals surface area contributed by atoms with Crippen molar-refractivity contribution in [3.63, 3.8) is 0 Å². The van der Waals surface area contributed by atoms with Crippen molar-refractivity contribution in [2.75, 3.05) is 12.4 Å². The number of ether oxygens (including phenoxy) is 1. The van der Waals surface area contributed by atoms with E-state index in [1.165, 1.54) is 25.3 Å². The average molecular weight is 537 g/mol. The second-order valence-corrected chi connectivity index (χ2v) is 11.2. The number of halogens is 3. The molecule has 2 aromatic rings. The predicted octanol–water partition coefficient (Wildman–Crippen LogP) is 4.33. The van der Waals surface area contributed by atoms with Gasteiger partial charge in [0.05, 0.1) is 17.7 Å². The summed E-state index contributed by atoms with van der Waals surface area (Å²) in [6, 6.07) is 11.0. The van der Waals surface area contributed by atoms with Crippen LogP contribution in [0.5, 0.6) is 5.75 Å². The maximum absolute atomic E-state index is 12.5. The van der Waals surface area contributed by atoms with Gasteiger partial charge in [0.25, 0.3) is 5.91 Å². The van der Waals surface area contributed by atoms with E-state index in [1.807, 2.05) is 6.92 Å². The molecule has 0 fully saturated rings. The summed E-state index contributed by atoms with van der Waals surface area (Å²) in [5.74, 6) is -0.278. The lowest BCUT2D eigenvalue weighted by Gasteiger charge is -2.28. The van der Waals surface area contributed by atoms with Crippen LogP contribution in [0, 0.1) is 6.92 Å². The van der Waals surface area contributed by atoms with Crippen molar-refractivity contribution in [3.05, 3.63) is 65.6 Å². The molecule has 0 aromatic heterocycles. The zero-order valence-electron chi connectivity index (χ0n) is 17.0. The van der Waals surface area contributed by atoms with Gasteiger partial charge in [0.15, 0.2) is 14.9 Å². The Kier molecular flexibility index (Phi) is 8.78. The van der Waals surface area contributed by atoms with Crippen LogP contribution in [0.15, 0.2) is 59.3 Å². The molecule has 12 heteroatoms. The minimum Gasteiger partial charge on any atom is -0.495 e. The van der Waals surface area contributed by atoms with Gasteiger partial charge in [0.1, 0.15) is 11.9 Å². The molecule has 2 aromatic carbocycles. The molecule has 0 bridgehead atoms. The lowest BCUT2D eigenvalue weighted by molar-refractivity contribution is 0.0934. The zero-order valence-corrected chi connectivity index (χ0v) is 20.9. The second-order valence-electron chi connectivity index (χ2n) is 6.49. The van der Waals surface area contributed by atoms with Gasteiger partial charge in [-0.05, 0) is 43.4 Å². The Bertz CT molecular complexity index is 1120. The van der Waals surface area contributed by atoms with Crippen molar-refractivity contribution < 1.29 is 17.9 Å². The van der Waals surface area contributed by atoms with Crippen molar-refractivity contribution >= 4 is 73.6 Å². The molecule has 0 saturated heterocycles. The Morgan fingerprint density at radius 1 is 1.16 bits per heavy atom. The molecule has 0 heterocycles. The standard InChI is InChI=1S/C20H20Cl3N3O4S2/c1-4-32(28,29)14-9-10-15(16(11-14)30-3)24-19(31)26-18(20(21,22)23)25-17(27)13-7-5-12(2)6-8-13/h4-11,18H,1H2,2-3H3,(H,25,27)(H2,24,26,31)/t18-/m0/s1. The average Bonchev–Trinajstić information content (AvgIpc) is 2.73. The first-order valence-electron chi connectivity index (χ1n) is 8.94. The normalized spacial score (nSPS) is 12.4. The summed E-state index contributed by atoms with van der Waals surface area (Å²) >= 11 is 23.3. The lowest BCUT2D eigenvalue weighted by Crippen LogP contribution is -2.56. The first-order valence-corrected chi connectivity index (χ1v) is 12.0. The number of anilines is 1. The molecular weight excluding hydrogens is 517 g/mol. The SMILES string of the molecule is C=CS(=O)(=O)c1ccc(NC(=S)N[C@H](NC(=O)c2ccc(C)cc2)C(Cl)(Cl)Cl)c(OC)c1. The molecule has 0 aliphatic carbocycles. The molecule has 1 atom stereocenters. The summed E-state index contributed by atoms with van der Waals surface area (Å²) in [5, 5.41) is 8.96. The molecule has 0 spiro atoms. The Hall–Kier alpha value is -2.04. The van der Waals surface area contributed by atoms with E-state index in [0.717, 1.165) is 11.0 Å². The minimum atomic E-state index is -3.65. The van der Waals surface area contributed by atoms with Crippen LogP contribution in [0.25, 0.3) is 0 Å². The number of hydrogen-bond donors (Lipinski definition) is 3. The number of sulfone groups is 1. The highest BCUT2D eigenvalue weighted by atomic mass is 35.6. The quantitative estimate of drug-likeness (QED) is 0.275. The molecule has 0 aliphatic rings. The largest absolute Gasteiger partial charge is 0.495 e. The highest BCUT2D eigenvalue weighted by Crippen LogP contribution is 2.31. The molecule has 0 radical (unpaired) electrons. The summed E-state index contributed by atoms with van der Waals surface area (Å²) in [4.78, 5) is 12.5. The molecular formula is C20H20Cl3N3O4S2. The second kappa shape index (κ2) is 10.7. The Morgan fingerprint density at radius 3 is 2.31 bits per heavy atom. The Labute approximate surface area is 207 Å². The molecule has 1 amide bonds. The van der Waals surface area contributed by atoms with E-state index >= 15 is 0 Å².